The Morgan fingerprint density at radius 2 is 1.95 bits per heavy atom. The van der Waals surface area contributed by atoms with Crippen molar-refractivity contribution in [1.29, 1.82) is 0 Å². The van der Waals surface area contributed by atoms with Crippen molar-refractivity contribution in [2.24, 2.45) is 0 Å². The van der Waals surface area contributed by atoms with E-state index in [1.807, 2.05) is 24.3 Å². The lowest BCUT2D eigenvalue weighted by Gasteiger charge is -2.05. The Bertz CT molecular complexity index is 567. The Morgan fingerprint density at radius 1 is 1.20 bits per heavy atom. The summed E-state index contributed by atoms with van der Waals surface area (Å²) in [5.74, 6) is 0.0914. The maximum atomic E-state index is 11.8. The van der Waals surface area contributed by atoms with Crippen LogP contribution in [0.25, 0.3) is 0 Å². The van der Waals surface area contributed by atoms with Crippen LogP contribution in [0.3, 0.4) is 0 Å². The van der Waals surface area contributed by atoms with Gasteiger partial charge in [-0.2, -0.15) is 0 Å². The highest BCUT2D eigenvalue weighted by atomic mass is 79.9. The fraction of sp³-hybridized carbons (Fsp3) is 0.200. The summed E-state index contributed by atoms with van der Waals surface area (Å²) in [6.07, 6.45) is 2.13. The first-order chi connectivity index (χ1) is 9.69. The smallest absolute Gasteiger partial charge is 0.339 e. The number of rotatable bonds is 5. The molecule has 1 heterocycles. The molecule has 0 N–H and O–H groups in total. The van der Waals surface area contributed by atoms with E-state index in [0.717, 1.165) is 10.0 Å². The Hall–Kier alpha value is -1.88. The number of carbonyl (C=O) groups excluding carboxylic acids is 1. The first kappa shape index (κ1) is 14.5. The molecule has 0 atom stereocenters. The van der Waals surface area contributed by atoms with Gasteiger partial charge in [-0.3, -0.25) is 0 Å². The summed E-state index contributed by atoms with van der Waals surface area (Å²) in [5.41, 5.74) is 1.54. The maximum absolute atomic E-state index is 11.8. The summed E-state index contributed by atoms with van der Waals surface area (Å²) < 4.78 is 11.2. The fourth-order valence-electron chi connectivity index (χ4n) is 1.62. The second kappa shape index (κ2) is 7.05. The van der Waals surface area contributed by atoms with Gasteiger partial charge in [-0.15, -0.1) is 0 Å². The molecule has 0 unspecified atom stereocenters. The van der Waals surface area contributed by atoms with Gasteiger partial charge in [0.2, 0.25) is 5.88 Å². The normalized spacial score (nSPS) is 10.1. The highest BCUT2D eigenvalue weighted by molar-refractivity contribution is 9.10. The monoisotopic (exact) mass is 335 g/mol. The van der Waals surface area contributed by atoms with Crippen LogP contribution in [0.1, 0.15) is 15.9 Å². The molecule has 4 nitrogen and oxygen atoms in total. The van der Waals surface area contributed by atoms with Gasteiger partial charge in [0, 0.05) is 23.2 Å². The quantitative estimate of drug-likeness (QED) is 0.787. The molecule has 104 valence electrons. The van der Waals surface area contributed by atoms with Gasteiger partial charge in [-0.05, 0) is 23.8 Å². The van der Waals surface area contributed by atoms with Crippen LogP contribution >= 0.6 is 15.9 Å². The molecule has 0 radical (unpaired) electrons. The molecule has 0 saturated carbocycles. The lowest BCUT2D eigenvalue weighted by Crippen LogP contribution is -2.08. The van der Waals surface area contributed by atoms with Gasteiger partial charge < -0.3 is 9.47 Å². The summed E-state index contributed by atoms with van der Waals surface area (Å²) in [7, 11) is 1.53. The van der Waals surface area contributed by atoms with Crippen LogP contribution in [0.5, 0.6) is 5.88 Å². The van der Waals surface area contributed by atoms with Crippen molar-refractivity contribution < 1.29 is 14.3 Å². The van der Waals surface area contributed by atoms with Crippen LogP contribution in [-0.4, -0.2) is 24.7 Å². The zero-order valence-corrected chi connectivity index (χ0v) is 12.6. The van der Waals surface area contributed by atoms with Gasteiger partial charge in [0.25, 0.3) is 0 Å². The van der Waals surface area contributed by atoms with E-state index in [1.54, 1.807) is 12.1 Å². The molecule has 20 heavy (non-hydrogen) atoms. The van der Waals surface area contributed by atoms with Crippen molar-refractivity contribution >= 4 is 21.9 Å². The third-order valence-electron chi connectivity index (χ3n) is 2.72. The predicted molar refractivity (Wildman–Crippen MR) is 78.9 cm³/mol. The molecule has 0 bridgehead atoms. The highest BCUT2D eigenvalue weighted by Gasteiger charge is 2.07. The minimum Gasteiger partial charge on any atom is -0.481 e. The third-order valence-corrected chi connectivity index (χ3v) is 3.25. The van der Waals surface area contributed by atoms with E-state index < -0.39 is 0 Å². The molecule has 1 aromatic carbocycles. The second-order valence-corrected chi connectivity index (χ2v) is 5.02. The molecule has 0 aliphatic carbocycles. The number of methoxy groups -OCH3 is 1. The van der Waals surface area contributed by atoms with E-state index in [-0.39, 0.29) is 5.97 Å². The molecule has 0 spiro atoms. The summed E-state index contributed by atoms with van der Waals surface area (Å²) in [4.78, 5) is 15.7. The van der Waals surface area contributed by atoms with Crippen molar-refractivity contribution in [3.8, 4) is 5.88 Å². The van der Waals surface area contributed by atoms with Gasteiger partial charge in [0.1, 0.15) is 0 Å². The number of pyridine rings is 1. The van der Waals surface area contributed by atoms with Crippen LogP contribution < -0.4 is 4.74 Å². The van der Waals surface area contributed by atoms with Gasteiger partial charge >= 0.3 is 5.97 Å². The van der Waals surface area contributed by atoms with Gasteiger partial charge in [0.15, 0.2) is 0 Å². The molecule has 5 heteroatoms. The Balaban J connectivity index is 1.83. The summed E-state index contributed by atoms with van der Waals surface area (Å²) in [6, 6.07) is 11.2. The molecule has 0 aliphatic heterocycles. The van der Waals surface area contributed by atoms with E-state index >= 15 is 0 Å². The zero-order valence-electron chi connectivity index (χ0n) is 11.0. The van der Waals surface area contributed by atoms with Crippen LogP contribution in [0.15, 0.2) is 47.1 Å². The first-order valence-corrected chi connectivity index (χ1v) is 6.90. The topological polar surface area (TPSA) is 48.4 Å². The molecule has 1 aromatic heterocycles. The molecule has 2 aromatic rings. The second-order valence-electron chi connectivity index (χ2n) is 4.10. The lowest BCUT2D eigenvalue weighted by molar-refractivity contribution is 0.0508. The van der Waals surface area contributed by atoms with Crippen molar-refractivity contribution in [3.63, 3.8) is 0 Å². The van der Waals surface area contributed by atoms with Crippen LogP contribution in [0.2, 0.25) is 0 Å². The van der Waals surface area contributed by atoms with Crippen LogP contribution in [0, 0.1) is 0 Å². The maximum Gasteiger partial charge on any atom is 0.339 e. The predicted octanol–water partition coefficient (Wildman–Crippen LogP) is 3.25. The summed E-state index contributed by atoms with van der Waals surface area (Å²) >= 11 is 3.38. The molecule has 0 aliphatic rings. The van der Waals surface area contributed by atoms with E-state index in [9.17, 15) is 4.79 Å². The molecule has 2 rings (SSSR count). The SMILES string of the molecule is COc1ccc(C(=O)OCCc2ccc(Br)cc2)cn1. The number of hydrogen-bond acceptors (Lipinski definition) is 4. The van der Waals surface area contributed by atoms with Crippen LogP contribution in [-0.2, 0) is 11.2 Å². The lowest BCUT2D eigenvalue weighted by atomic mass is 10.2. The van der Waals surface area contributed by atoms with Gasteiger partial charge in [0.05, 0.1) is 19.3 Å². The minimum atomic E-state index is -0.378. The van der Waals surface area contributed by atoms with Gasteiger partial charge in [-0.25, -0.2) is 9.78 Å². The number of halogens is 1. The third kappa shape index (κ3) is 4.06. The number of esters is 1. The Morgan fingerprint density at radius 3 is 2.55 bits per heavy atom. The zero-order chi connectivity index (χ0) is 14.4. The Labute approximate surface area is 125 Å². The highest BCUT2D eigenvalue weighted by Crippen LogP contribution is 2.11. The number of hydrogen-bond donors (Lipinski definition) is 0. The molecular weight excluding hydrogens is 322 g/mol. The summed E-state index contributed by atoms with van der Waals surface area (Å²) in [6.45, 7) is 0.340. The molecule has 0 fully saturated rings. The van der Waals surface area contributed by atoms with Crippen LogP contribution in [0.4, 0.5) is 0 Å². The van der Waals surface area contributed by atoms with Crippen molar-refractivity contribution in [1.82, 2.24) is 4.98 Å². The van der Waals surface area contributed by atoms with Gasteiger partial charge in [-0.1, -0.05) is 28.1 Å². The molecule has 0 amide bonds. The largest absolute Gasteiger partial charge is 0.481 e. The first-order valence-electron chi connectivity index (χ1n) is 6.10. The number of aromatic nitrogens is 1. The fourth-order valence-corrected chi connectivity index (χ4v) is 1.88. The number of carbonyl (C=O) groups is 1. The average Bonchev–Trinajstić information content (AvgIpc) is 2.49. The number of benzene rings is 1. The van der Waals surface area contributed by atoms with Crippen molar-refractivity contribution in [2.75, 3.05) is 13.7 Å². The number of ether oxygens (including phenoxy) is 2. The van der Waals surface area contributed by atoms with E-state index in [1.165, 1.54) is 13.3 Å². The summed E-state index contributed by atoms with van der Waals surface area (Å²) in [5, 5.41) is 0. The number of nitrogens with zero attached hydrogens (tertiary/aromatic N) is 1. The van der Waals surface area contributed by atoms with E-state index in [0.29, 0.717) is 24.5 Å². The molecular formula is C15H14BrNO3. The average molecular weight is 336 g/mol. The Kier molecular flexibility index (Phi) is 5.12. The van der Waals surface area contributed by atoms with E-state index in [4.69, 9.17) is 9.47 Å². The van der Waals surface area contributed by atoms with E-state index in [2.05, 4.69) is 20.9 Å². The van der Waals surface area contributed by atoms with Crippen molar-refractivity contribution in [2.45, 2.75) is 6.42 Å². The minimum absolute atomic E-state index is 0.340. The molecule has 0 saturated heterocycles. The standard InChI is InChI=1S/C15H14BrNO3/c1-19-14-7-4-12(10-17-14)15(18)20-9-8-11-2-5-13(16)6-3-11/h2-7,10H,8-9H2,1H3. The van der Waals surface area contributed by atoms with Crippen molar-refractivity contribution in [3.05, 3.63) is 58.2 Å².